The molecular formula is C28H30N4O5. The van der Waals surface area contributed by atoms with Crippen molar-refractivity contribution in [1.29, 1.82) is 0 Å². The number of non-ortho nitro benzene ring substituents is 1. The normalized spacial score (nSPS) is 31.7. The van der Waals surface area contributed by atoms with E-state index in [1.165, 1.54) is 12.1 Å². The molecule has 6 rings (SSSR count). The van der Waals surface area contributed by atoms with Gasteiger partial charge in [-0.2, -0.15) is 0 Å². The minimum absolute atomic E-state index is 0.00905. The first kappa shape index (κ1) is 23.6. The van der Waals surface area contributed by atoms with Gasteiger partial charge in [0.15, 0.2) is 5.41 Å². The zero-order chi connectivity index (χ0) is 26.3. The molecule has 37 heavy (non-hydrogen) atoms. The van der Waals surface area contributed by atoms with E-state index < -0.39 is 34.2 Å². The predicted molar refractivity (Wildman–Crippen MR) is 136 cm³/mol. The summed E-state index contributed by atoms with van der Waals surface area (Å²) in [5.74, 6) is -1.13. The summed E-state index contributed by atoms with van der Waals surface area (Å²) in [4.78, 5) is 55.9. The molecule has 1 spiro atoms. The molecule has 192 valence electrons. The number of amides is 4. The minimum atomic E-state index is -1.57. The van der Waals surface area contributed by atoms with E-state index >= 15 is 0 Å². The summed E-state index contributed by atoms with van der Waals surface area (Å²) in [6, 6.07) is 12.8. The number of barbiturate groups is 1. The Morgan fingerprint density at radius 1 is 1.05 bits per heavy atom. The summed E-state index contributed by atoms with van der Waals surface area (Å²) < 4.78 is 0. The number of carbonyl (C=O) groups is 3. The number of carbonyl (C=O) groups excluding carboxylic acids is 3. The predicted octanol–water partition coefficient (Wildman–Crippen LogP) is 4.19. The van der Waals surface area contributed by atoms with Crippen LogP contribution in [-0.2, 0) is 22.6 Å². The van der Waals surface area contributed by atoms with Gasteiger partial charge >= 0.3 is 6.03 Å². The van der Waals surface area contributed by atoms with Gasteiger partial charge in [0.25, 0.3) is 5.69 Å². The van der Waals surface area contributed by atoms with Crippen LogP contribution in [0, 0.1) is 26.4 Å². The number of hydrogen-bond acceptors (Lipinski definition) is 6. The first-order chi connectivity index (χ1) is 17.4. The Morgan fingerprint density at radius 3 is 2.49 bits per heavy atom. The zero-order valence-corrected chi connectivity index (χ0v) is 21.2. The standard InChI is InChI=1S/C28H30N4O5/c1-26(2)13-20-14-27(3,16-26)22-28(12-18-11-19(32(36)37)9-10-21(18)31(20)22)23(33)29-25(35)30(24(28)34)15-17-7-5-4-6-8-17/h4-11,20,22H,12-16H2,1-3H3,(H,29,33,35)/t20-,22+,27+,28+/m1/s1. The summed E-state index contributed by atoms with van der Waals surface area (Å²) in [7, 11) is 0. The average Bonchev–Trinajstić information content (AvgIpc) is 3.06. The molecule has 9 heteroatoms. The smallest absolute Gasteiger partial charge is 0.331 e. The Morgan fingerprint density at radius 2 is 1.78 bits per heavy atom. The molecule has 0 aromatic heterocycles. The lowest BCUT2D eigenvalue weighted by molar-refractivity contribution is -0.384. The maximum atomic E-state index is 14.5. The van der Waals surface area contributed by atoms with Gasteiger partial charge < -0.3 is 4.90 Å². The number of rotatable bonds is 3. The van der Waals surface area contributed by atoms with Crippen LogP contribution >= 0.6 is 0 Å². The molecule has 3 fully saturated rings. The number of nitrogens with one attached hydrogen (secondary N) is 1. The fraction of sp³-hybridized carbons (Fsp3) is 0.464. The van der Waals surface area contributed by atoms with E-state index in [0.29, 0.717) is 5.56 Å². The highest BCUT2D eigenvalue weighted by Crippen LogP contribution is 2.64. The third-order valence-electron chi connectivity index (χ3n) is 8.87. The molecule has 2 aromatic rings. The van der Waals surface area contributed by atoms with E-state index in [1.807, 2.05) is 30.3 Å². The number of fused-ring (bicyclic) bond motifs is 8. The van der Waals surface area contributed by atoms with E-state index in [1.54, 1.807) is 6.07 Å². The van der Waals surface area contributed by atoms with Crippen LogP contribution in [0.1, 0.15) is 51.2 Å². The van der Waals surface area contributed by atoms with Crippen LogP contribution in [-0.4, -0.2) is 39.8 Å². The summed E-state index contributed by atoms with van der Waals surface area (Å²) in [6.45, 7) is 6.63. The van der Waals surface area contributed by atoms with Gasteiger partial charge in [-0.05, 0) is 47.3 Å². The van der Waals surface area contributed by atoms with Crippen molar-refractivity contribution in [3.05, 3.63) is 69.8 Å². The Kier molecular flexibility index (Phi) is 4.87. The van der Waals surface area contributed by atoms with Gasteiger partial charge in [0, 0.05) is 30.3 Å². The molecule has 9 nitrogen and oxygen atoms in total. The Labute approximate surface area is 215 Å². The lowest BCUT2D eigenvalue weighted by Crippen LogP contribution is -2.73. The first-order valence-electron chi connectivity index (χ1n) is 12.7. The van der Waals surface area contributed by atoms with Crippen molar-refractivity contribution in [2.75, 3.05) is 4.90 Å². The quantitative estimate of drug-likeness (QED) is 0.383. The second-order valence-electron chi connectivity index (χ2n) is 12.2. The largest absolute Gasteiger partial charge is 0.363 e. The topological polar surface area (TPSA) is 113 Å². The van der Waals surface area contributed by atoms with Gasteiger partial charge in [-0.1, -0.05) is 51.1 Å². The van der Waals surface area contributed by atoms with Crippen LogP contribution in [0.4, 0.5) is 16.2 Å². The molecule has 4 aliphatic rings. The molecule has 1 aliphatic carbocycles. The highest BCUT2D eigenvalue weighted by atomic mass is 16.6. The molecule has 0 unspecified atom stereocenters. The maximum absolute atomic E-state index is 14.5. The lowest BCUT2D eigenvalue weighted by atomic mass is 9.56. The van der Waals surface area contributed by atoms with Gasteiger partial charge in [-0.3, -0.25) is 29.9 Å². The maximum Gasteiger partial charge on any atom is 0.331 e. The second kappa shape index (κ2) is 7.63. The SMILES string of the molecule is CC1(C)C[C@@H]2C[C@@](C)(C1)[C@@H]1N2c2ccc([N+](=O)[O-])cc2C[C@@]12C(=O)NC(=O)N(Cc1ccccc1)C2=O. The summed E-state index contributed by atoms with van der Waals surface area (Å²) in [5.41, 5.74) is 0.188. The van der Waals surface area contributed by atoms with Gasteiger partial charge in [0.2, 0.25) is 11.8 Å². The lowest BCUT2D eigenvalue weighted by Gasteiger charge is -2.53. The van der Waals surface area contributed by atoms with E-state index in [-0.39, 0.29) is 35.5 Å². The Balaban J connectivity index is 1.54. The van der Waals surface area contributed by atoms with Crippen molar-refractivity contribution < 1.29 is 19.3 Å². The molecule has 1 saturated carbocycles. The number of nitro groups is 1. The number of benzene rings is 2. The second-order valence-corrected chi connectivity index (χ2v) is 12.2. The van der Waals surface area contributed by atoms with Gasteiger partial charge in [-0.15, -0.1) is 0 Å². The molecule has 3 aliphatic heterocycles. The number of nitro benzene ring substituents is 1. The van der Waals surface area contributed by atoms with Crippen molar-refractivity contribution in [2.24, 2.45) is 16.2 Å². The van der Waals surface area contributed by atoms with Crippen molar-refractivity contribution in [2.45, 2.75) is 65.1 Å². The van der Waals surface area contributed by atoms with Crippen LogP contribution in [0.3, 0.4) is 0 Å². The Bertz CT molecular complexity index is 1360. The number of urea groups is 1. The van der Waals surface area contributed by atoms with Crippen molar-refractivity contribution in [1.82, 2.24) is 10.2 Å². The molecule has 4 atom stereocenters. The highest BCUT2D eigenvalue weighted by molar-refractivity contribution is 6.20. The number of imide groups is 2. The average molecular weight is 503 g/mol. The number of nitrogens with zero attached hydrogens (tertiary/aromatic N) is 3. The molecular weight excluding hydrogens is 472 g/mol. The fourth-order valence-corrected chi connectivity index (χ4v) is 8.09. The van der Waals surface area contributed by atoms with Crippen molar-refractivity contribution in [3.8, 4) is 0 Å². The Hall–Kier alpha value is -3.75. The van der Waals surface area contributed by atoms with Gasteiger partial charge in [-0.25, -0.2) is 4.79 Å². The molecule has 4 amide bonds. The van der Waals surface area contributed by atoms with E-state index in [2.05, 4.69) is 31.0 Å². The van der Waals surface area contributed by atoms with Crippen LogP contribution in [0.25, 0.3) is 0 Å². The van der Waals surface area contributed by atoms with Crippen LogP contribution in [0.5, 0.6) is 0 Å². The molecule has 1 N–H and O–H groups in total. The summed E-state index contributed by atoms with van der Waals surface area (Å²) >= 11 is 0. The third kappa shape index (κ3) is 3.32. The van der Waals surface area contributed by atoms with Crippen molar-refractivity contribution >= 4 is 29.2 Å². The molecule has 2 saturated heterocycles. The van der Waals surface area contributed by atoms with Gasteiger partial charge in [0.1, 0.15) is 0 Å². The molecule has 2 bridgehead atoms. The highest BCUT2D eigenvalue weighted by Gasteiger charge is 2.71. The molecule has 3 heterocycles. The summed E-state index contributed by atoms with van der Waals surface area (Å²) in [5, 5.41) is 14.1. The van der Waals surface area contributed by atoms with E-state index in [4.69, 9.17) is 0 Å². The van der Waals surface area contributed by atoms with E-state index in [0.717, 1.165) is 35.4 Å². The van der Waals surface area contributed by atoms with Crippen LogP contribution in [0.2, 0.25) is 0 Å². The third-order valence-corrected chi connectivity index (χ3v) is 8.87. The minimum Gasteiger partial charge on any atom is -0.363 e. The number of hydrogen-bond donors (Lipinski definition) is 1. The first-order valence-corrected chi connectivity index (χ1v) is 12.7. The fourth-order valence-electron chi connectivity index (χ4n) is 8.09. The molecule has 2 aromatic carbocycles. The summed E-state index contributed by atoms with van der Waals surface area (Å²) in [6.07, 6.45) is 2.53. The molecule has 0 radical (unpaired) electrons. The monoisotopic (exact) mass is 502 g/mol. The van der Waals surface area contributed by atoms with E-state index in [9.17, 15) is 24.5 Å². The number of anilines is 1. The van der Waals surface area contributed by atoms with Crippen LogP contribution in [0.15, 0.2) is 48.5 Å². The van der Waals surface area contributed by atoms with Crippen LogP contribution < -0.4 is 10.2 Å². The zero-order valence-electron chi connectivity index (χ0n) is 21.2. The van der Waals surface area contributed by atoms with Crippen molar-refractivity contribution in [3.63, 3.8) is 0 Å². The van der Waals surface area contributed by atoms with Gasteiger partial charge in [0.05, 0.1) is 17.5 Å².